The summed E-state index contributed by atoms with van der Waals surface area (Å²) < 4.78 is 9.39. The number of aromatic nitrogens is 1. The normalized spacial score (nSPS) is 12.8. The molecule has 1 N–H and O–H groups in total. The van der Waals surface area contributed by atoms with Crippen molar-refractivity contribution in [1.29, 1.82) is 0 Å². The van der Waals surface area contributed by atoms with Crippen LogP contribution < -0.4 is 15.0 Å². The molecule has 0 radical (unpaired) electrons. The summed E-state index contributed by atoms with van der Waals surface area (Å²) in [5.74, 6) is 0.00925. The topological polar surface area (TPSA) is 88.6 Å². The molecular formula is C25H15Br4N3O4S2. The SMILES string of the molecule is O=C(CSc1nc2ccc(N3C(=O)c4c(Br)c(Br)c(Br)c(Br)c4C3=O)cc2s1)NCCOc1ccccc1. The van der Waals surface area contributed by atoms with Gasteiger partial charge >= 0.3 is 0 Å². The highest BCUT2D eigenvalue weighted by molar-refractivity contribution is 9.15. The molecule has 0 bridgehead atoms. The minimum atomic E-state index is -0.419. The molecule has 3 aromatic carbocycles. The van der Waals surface area contributed by atoms with E-state index in [2.05, 4.69) is 74.0 Å². The maximum atomic E-state index is 13.3. The van der Waals surface area contributed by atoms with Gasteiger partial charge in [0.2, 0.25) is 5.91 Å². The molecule has 1 aromatic heterocycles. The van der Waals surface area contributed by atoms with Crippen LogP contribution in [0.15, 0.2) is 70.8 Å². The van der Waals surface area contributed by atoms with E-state index in [1.165, 1.54) is 23.1 Å². The number of nitrogens with zero attached hydrogens (tertiary/aromatic N) is 2. The second-order valence-corrected chi connectivity index (χ2v) is 13.3. The first kappa shape index (κ1) is 27.8. The van der Waals surface area contributed by atoms with Crippen LogP contribution in [-0.2, 0) is 4.79 Å². The summed E-state index contributed by atoms with van der Waals surface area (Å²) in [6, 6.07) is 14.7. The molecule has 0 aliphatic carbocycles. The van der Waals surface area contributed by atoms with Crippen molar-refractivity contribution in [3.05, 3.63) is 77.5 Å². The number of rotatable bonds is 8. The Morgan fingerprint density at radius 2 is 1.61 bits per heavy atom. The van der Waals surface area contributed by atoms with E-state index in [1.807, 2.05) is 30.3 Å². The lowest BCUT2D eigenvalue weighted by Crippen LogP contribution is -2.29. The Labute approximate surface area is 259 Å². The molecule has 38 heavy (non-hydrogen) atoms. The smallest absolute Gasteiger partial charge is 0.267 e. The molecule has 194 valence electrons. The van der Waals surface area contributed by atoms with E-state index in [0.717, 1.165) is 20.9 Å². The Kier molecular flexibility index (Phi) is 8.60. The molecule has 1 aliphatic rings. The van der Waals surface area contributed by atoms with E-state index in [9.17, 15) is 14.4 Å². The van der Waals surface area contributed by atoms with E-state index in [-0.39, 0.29) is 22.8 Å². The quantitative estimate of drug-likeness (QED) is 0.0656. The molecule has 13 heteroatoms. The Balaban J connectivity index is 1.24. The molecule has 0 spiro atoms. The predicted octanol–water partition coefficient (Wildman–Crippen LogP) is 7.43. The number of thioether (sulfide) groups is 1. The molecule has 5 rings (SSSR count). The second kappa shape index (κ2) is 11.8. The number of carbonyl (C=O) groups excluding carboxylic acids is 3. The van der Waals surface area contributed by atoms with E-state index in [0.29, 0.717) is 41.1 Å². The lowest BCUT2D eigenvalue weighted by Gasteiger charge is -2.13. The van der Waals surface area contributed by atoms with Gasteiger partial charge in [-0.2, -0.15) is 0 Å². The second-order valence-electron chi connectivity index (χ2n) is 7.88. The Hall–Kier alpha value is -1.77. The molecule has 2 heterocycles. The highest BCUT2D eigenvalue weighted by Gasteiger charge is 2.42. The van der Waals surface area contributed by atoms with E-state index >= 15 is 0 Å². The Morgan fingerprint density at radius 1 is 0.947 bits per heavy atom. The molecular weight excluding hydrogens is 790 g/mol. The van der Waals surface area contributed by atoms with Gasteiger partial charge in [-0.1, -0.05) is 30.0 Å². The van der Waals surface area contributed by atoms with Crippen molar-refractivity contribution in [1.82, 2.24) is 10.3 Å². The maximum absolute atomic E-state index is 13.3. The summed E-state index contributed by atoms with van der Waals surface area (Å²) in [4.78, 5) is 44.6. The van der Waals surface area contributed by atoms with Crippen molar-refractivity contribution in [2.45, 2.75) is 4.34 Å². The summed E-state index contributed by atoms with van der Waals surface area (Å²) >= 11 is 16.5. The third-order valence-corrected chi connectivity index (χ3v) is 12.4. The fourth-order valence-corrected chi connectivity index (χ4v) is 8.12. The van der Waals surface area contributed by atoms with Gasteiger partial charge in [0.25, 0.3) is 11.8 Å². The van der Waals surface area contributed by atoms with Crippen LogP contribution in [0.5, 0.6) is 5.75 Å². The average molecular weight is 805 g/mol. The highest BCUT2D eigenvalue weighted by Crippen LogP contribution is 2.46. The van der Waals surface area contributed by atoms with Gasteiger partial charge in [0.15, 0.2) is 4.34 Å². The monoisotopic (exact) mass is 801 g/mol. The van der Waals surface area contributed by atoms with Crippen molar-refractivity contribution < 1.29 is 19.1 Å². The number of ether oxygens (including phenoxy) is 1. The molecule has 0 atom stereocenters. The summed E-state index contributed by atoms with van der Waals surface area (Å²) in [6.45, 7) is 0.778. The first-order valence-electron chi connectivity index (χ1n) is 11.0. The van der Waals surface area contributed by atoms with Crippen LogP contribution in [0.3, 0.4) is 0 Å². The molecule has 4 aromatic rings. The molecule has 0 unspecified atom stereocenters. The minimum absolute atomic E-state index is 0.119. The summed E-state index contributed by atoms with van der Waals surface area (Å²) in [5.41, 5.74) is 1.75. The van der Waals surface area contributed by atoms with Crippen LogP contribution in [0.1, 0.15) is 20.7 Å². The van der Waals surface area contributed by atoms with E-state index < -0.39 is 11.8 Å². The first-order valence-corrected chi connectivity index (χ1v) is 16.0. The molecule has 7 nitrogen and oxygen atoms in total. The number of fused-ring (bicyclic) bond motifs is 2. The molecule has 0 fully saturated rings. The number of hydrogen-bond donors (Lipinski definition) is 1. The zero-order valence-electron chi connectivity index (χ0n) is 19.1. The number of benzene rings is 3. The number of imide groups is 1. The van der Waals surface area contributed by atoms with Crippen molar-refractivity contribution in [2.75, 3.05) is 23.8 Å². The van der Waals surface area contributed by atoms with Gasteiger partial charge in [0.05, 0.1) is 39.3 Å². The number of carbonyl (C=O) groups is 3. The third kappa shape index (κ3) is 5.46. The maximum Gasteiger partial charge on any atom is 0.267 e. The van der Waals surface area contributed by atoms with Gasteiger partial charge in [-0.25, -0.2) is 9.88 Å². The molecule has 0 saturated heterocycles. The van der Waals surface area contributed by atoms with Crippen LogP contribution >= 0.6 is 86.8 Å². The zero-order chi connectivity index (χ0) is 27.0. The first-order chi connectivity index (χ1) is 18.3. The number of halogens is 4. The van der Waals surface area contributed by atoms with Crippen LogP contribution in [0, 0.1) is 0 Å². The van der Waals surface area contributed by atoms with Gasteiger partial charge in [0, 0.05) is 17.9 Å². The minimum Gasteiger partial charge on any atom is -0.492 e. The fourth-order valence-electron chi connectivity index (χ4n) is 3.73. The largest absolute Gasteiger partial charge is 0.492 e. The summed E-state index contributed by atoms with van der Waals surface area (Å²) in [5, 5.41) is 2.83. The zero-order valence-corrected chi connectivity index (χ0v) is 27.1. The summed E-state index contributed by atoms with van der Waals surface area (Å²) in [7, 11) is 0. The third-order valence-electron chi connectivity index (χ3n) is 5.47. The standard InChI is InChI=1S/C25H15Br4N3O4S2/c26-19-17-18(20(27)22(29)21(19)28)24(35)32(23(17)34)12-6-7-14-15(10-12)38-25(31-14)37-11-16(33)30-8-9-36-13-4-2-1-3-5-13/h1-7,10H,8-9,11H2,(H,30,33). The van der Waals surface area contributed by atoms with Gasteiger partial charge in [-0.3, -0.25) is 14.4 Å². The van der Waals surface area contributed by atoms with Crippen molar-refractivity contribution in [3.63, 3.8) is 0 Å². The van der Waals surface area contributed by atoms with Crippen LogP contribution in [0.2, 0.25) is 0 Å². The fraction of sp³-hybridized carbons (Fsp3) is 0.120. The lowest BCUT2D eigenvalue weighted by molar-refractivity contribution is -0.118. The lowest BCUT2D eigenvalue weighted by atomic mass is 10.1. The van der Waals surface area contributed by atoms with Gasteiger partial charge in [0.1, 0.15) is 12.4 Å². The molecule has 3 amide bonds. The van der Waals surface area contributed by atoms with Crippen molar-refractivity contribution >= 4 is 120 Å². The Bertz CT molecular complexity index is 1550. The van der Waals surface area contributed by atoms with Gasteiger partial charge < -0.3 is 10.1 Å². The summed E-state index contributed by atoms with van der Waals surface area (Å²) in [6.07, 6.45) is 0. The number of amides is 3. The van der Waals surface area contributed by atoms with Gasteiger partial charge in [-0.15, -0.1) is 11.3 Å². The van der Waals surface area contributed by atoms with E-state index in [1.54, 1.807) is 18.2 Å². The highest BCUT2D eigenvalue weighted by atomic mass is 79.9. The molecule has 0 saturated carbocycles. The number of thiazole rings is 1. The van der Waals surface area contributed by atoms with E-state index in [4.69, 9.17) is 4.74 Å². The number of anilines is 1. The average Bonchev–Trinajstić information content (AvgIpc) is 3.44. The predicted molar refractivity (Wildman–Crippen MR) is 164 cm³/mol. The Morgan fingerprint density at radius 3 is 2.26 bits per heavy atom. The van der Waals surface area contributed by atoms with Crippen molar-refractivity contribution in [2.24, 2.45) is 0 Å². The molecule has 1 aliphatic heterocycles. The van der Waals surface area contributed by atoms with Gasteiger partial charge in [-0.05, 0) is 94.1 Å². The van der Waals surface area contributed by atoms with Crippen LogP contribution in [-0.4, -0.2) is 41.6 Å². The van der Waals surface area contributed by atoms with Crippen molar-refractivity contribution in [3.8, 4) is 5.75 Å². The van der Waals surface area contributed by atoms with Crippen LogP contribution in [0.4, 0.5) is 5.69 Å². The number of hydrogen-bond acceptors (Lipinski definition) is 7. The van der Waals surface area contributed by atoms with Crippen LogP contribution in [0.25, 0.3) is 10.2 Å². The number of nitrogens with one attached hydrogen (secondary N) is 1. The number of para-hydroxylation sites is 1.